The van der Waals surface area contributed by atoms with Gasteiger partial charge < -0.3 is 15.2 Å². The summed E-state index contributed by atoms with van der Waals surface area (Å²) in [7, 11) is 1.64. The number of pyridine rings is 1. The van der Waals surface area contributed by atoms with Crippen molar-refractivity contribution in [1.82, 2.24) is 4.98 Å². The summed E-state index contributed by atoms with van der Waals surface area (Å²) in [4.78, 5) is 18.3. The molecule has 0 amide bonds. The summed E-state index contributed by atoms with van der Waals surface area (Å²) in [5.41, 5.74) is 11.7. The number of nitrogens with zero attached hydrogens (tertiary/aromatic N) is 1. The Hall–Kier alpha value is -3.38. The van der Waals surface area contributed by atoms with Crippen LogP contribution in [0.25, 0.3) is 32.6 Å². The molecular weight excluding hydrogens is 396 g/mol. The van der Waals surface area contributed by atoms with Crippen LogP contribution in [0.2, 0.25) is 0 Å². The Labute approximate surface area is 179 Å². The molecule has 0 saturated carbocycles. The van der Waals surface area contributed by atoms with Crippen molar-refractivity contribution >= 4 is 33.2 Å². The number of anilines is 1. The van der Waals surface area contributed by atoms with Crippen LogP contribution in [0.15, 0.2) is 54.6 Å². The zero-order valence-electron chi connectivity index (χ0n) is 17.1. The Bertz CT molecular complexity index is 1210. The van der Waals surface area contributed by atoms with Crippen molar-refractivity contribution in [3.63, 3.8) is 0 Å². The van der Waals surface area contributed by atoms with E-state index in [4.69, 9.17) is 20.2 Å². The van der Waals surface area contributed by atoms with Gasteiger partial charge in [-0.25, -0.2) is 9.78 Å². The van der Waals surface area contributed by atoms with Crippen molar-refractivity contribution in [2.75, 3.05) is 19.5 Å². The molecule has 0 radical (unpaired) electrons. The normalized spacial score (nSPS) is 10.9. The van der Waals surface area contributed by atoms with Crippen LogP contribution in [0, 0.1) is 6.92 Å². The average Bonchev–Trinajstić information content (AvgIpc) is 3.10. The Balaban J connectivity index is 1.97. The predicted molar refractivity (Wildman–Crippen MR) is 122 cm³/mol. The van der Waals surface area contributed by atoms with Crippen LogP contribution >= 0.6 is 11.3 Å². The standard InChI is InChI=1S/C24H22N2O3S/c1-4-29-24(27)22-21(25)20-18(15-9-11-17(28-3)12-10-15)13-19(26-23(20)30-22)16-7-5-14(2)6-8-16/h5-13H,4,25H2,1-3H3. The highest BCUT2D eigenvalue weighted by Crippen LogP contribution is 2.41. The summed E-state index contributed by atoms with van der Waals surface area (Å²) in [6.45, 7) is 4.12. The van der Waals surface area contributed by atoms with E-state index in [0.29, 0.717) is 22.0 Å². The zero-order valence-corrected chi connectivity index (χ0v) is 17.9. The summed E-state index contributed by atoms with van der Waals surface area (Å²) < 4.78 is 10.5. The lowest BCUT2D eigenvalue weighted by Crippen LogP contribution is -2.04. The fourth-order valence-corrected chi connectivity index (χ4v) is 4.35. The second-order valence-corrected chi connectivity index (χ2v) is 7.89. The van der Waals surface area contributed by atoms with Crippen molar-refractivity contribution in [3.05, 3.63) is 65.0 Å². The van der Waals surface area contributed by atoms with E-state index in [9.17, 15) is 4.79 Å². The molecule has 6 heteroatoms. The number of rotatable bonds is 5. The monoisotopic (exact) mass is 418 g/mol. The molecule has 0 unspecified atom stereocenters. The van der Waals surface area contributed by atoms with Crippen LogP contribution in [-0.4, -0.2) is 24.7 Å². The largest absolute Gasteiger partial charge is 0.497 e. The lowest BCUT2D eigenvalue weighted by atomic mass is 9.99. The lowest BCUT2D eigenvalue weighted by Gasteiger charge is -2.10. The highest BCUT2D eigenvalue weighted by atomic mass is 32.1. The second kappa shape index (κ2) is 8.16. The maximum Gasteiger partial charge on any atom is 0.350 e. The van der Waals surface area contributed by atoms with E-state index >= 15 is 0 Å². The number of carbonyl (C=O) groups is 1. The number of ether oxygens (including phenoxy) is 2. The molecule has 0 bridgehead atoms. The second-order valence-electron chi connectivity index (χ2n) is 6.90. The molecule has 2 aromatic carbocycles. The first-order valence-electron chi connectivity index (χ1n) is 9.63. The zero-order chi connectivity index (χ0) is 21.3. The van der Waals surface area contributed by atoms with E-state index < -0.39 is 5.97 Å². The maximum atomic E-state index is 12.4. The fourth-order valence-electron chi connectivity index (χ4n) is 3.34. The molecule has 2 heterocycles. The van der Waals surface area contributed by atoms with Crippen molar-refractivity contribution < 1.29 is 14.3 Å². The van der Waals surface area contributed by atoms with Crippen LogP contribution in [-0.2, 0) is 4.74 Å². The molecule has 0 fully saturated rings. The van der Waals surface area contributed by atoms with E-state index in [1.165, 1.54) is 16.9 Å². The molecule has 0 aliphatic heterocycles. The molecular formula is C24H22N2O3S. The average molecular weight is 419 g/mol. The number of nitrogens with two attached hydrogens (primary N) is 1. The number of hydrogen-bond donors (Lipinski definition) is 1. The summed E-state index contributed by atoms with van der Waals surface area (Å²) in [5.74, 6) is 0.351. The third-order valence-electron chi connectivity index (χ3n) is 4.91. The number of benzene rings is 2. The first kappa shape index (κ1) is 19.9. The number of nitrogen functional groups attached to an aromatic ring is 1. The highest BCUT2D eigenvalue weighted by Gasteiger charge is 2.22. The van der Waals surface area contributed by atoms with Gasteiger partial charge in [0.15, 0.2) is 0 Å². The fraction of sp³-hybridized carbons (Fsp3) is 0.167. The molecule has 0 aliphatic rings. The van der Waals surface area contributed by atoms with Crippen LogP contribution in [0.3, 0.4) is 0 Å². The van der Waals surface area contributed by atoms with Gasteiger partial charge in [0.25, 0.3) is 0 Å². The van der Waals surface area contributed by atoms with Crippen molar-refractivity contribution in [3.8, 4) is 28.1 Å². The summed E-state index contributed by atoms with van der Waals surface area (Å²) in [6.07, 6.45) is 0. The van der Waals surface area contributed by atoms with E-state index in [1.54, 1.807) is 14.0 Å². The smallest absolute Gasteiger partial charge is 0.350 e. The minimum atomic E-state index is -0.421. The van der Waals surface area contributed by atoms with Gasteiger partial charge >= 0.3 is 5.97 Å². The summed E-state index contributed by atoms with van der Waals surface area (Å²) >= 11 is 1.27. The van der Waals surface area contributed by atoms with E-state index in [0.717, 1.165) is 33.5 Å². The molecule has 5 nitrogen and oxygen atoms in total. The number of methoxy groups -OCH3 is 1. The third kappa shape index (κ3) is 3.62. The van der Waals surface area contributed by atoms with Gasteiger partial charge in [-0.05, 0) is 43.2 Å². The van der Waals surface area contributed by atoms with E-state index in [1.807, 2.05) is 42.5 Å². The third-order valence-corrected chi connectivity index (χ3v) is 5.99. The number of fused-ring (bicyclic) bond motifs is 1. The SMILES string of the molecule is CCOC(=O)c1sc2nc(-c3ccc(C)cc3)cc(-c3ccc(OC)cc3)c2c1N. The quantitative estimate of drug-likeness (QED) is 0.420. The summed E-state index contributed by atoms with van der Waals surface area (Å²) in [6, 6.07) is 18.0. The summed E-state index contributed by atoms with van der Waals surface area (Å²) in [5, 5.41) is 0.768. The van der Waals surface area contributed by atoms with Crippen molar-refractivity contribution in [2.24, 2.45) is 0 Å². The van der Waals surface area contributed by atoms with Crippen LogP contribution in [0.5, 0.6) is 5.75 Å². The number of hydrogen-bond acceptors (Lipinski definition) is 6. The first-order valence-corrected chi connectivity index (χ1v) is 10.4. The molecule has 4 rings (SSSR count). The molecule has 0 saturated heterocycles. The van der Waals surface area contributed by atoms with Crippen LogP contribution in [0.4, 0.5) is 5.69 Å². The molecule has 152 valence electrons. The Morgan fingerprint density at radius 1 is 1.07 bits per heavy atom. The van der Waals surface area contributed by atoms with Gasteiger partial charge in [0.2, 0.25) is 0 Å². The Morgan fingerprint density at radius 3 is 2.37 bits per heavy atom. The van der Waals surface area contributed by atoms with Gasteiger partial charge in [-0.1, -0.05) is 42.0 Å². The van der Waals surface area contributed by atoms with Gasteiger partial charge in [0, 0.05) is 10.9 Å². The lowest BCUT2D eigenvalue weighted by molar-refractivity contribution is 0.0533. The maximum absolute atomic E-state index is 12.4. The van der Waals surface area contributed by atoms with Gasteiger partial charge in [-0.15, -0.1) is 11.3 Å². The molecule has 0 spiro atoms. The molecule has 0 atom stereocenters. The number of carbonyl (C=O) groups excluding carboxylic acids is 1. The molecule has 0 aliphatic carbocycles. The Kier molecular flexibility index (Phi) is 5.42. The molecule has 2 N–H and O–H groups in total. The predicted octanol–water partition coefficient (Wildman–Crippen LogP) is 5.71. The number of aromatic nitrogens is 1. The first-order chi connectivity index (χ1) is 14.5. The van der Waals surface area contributed by atoms with Gasteiger partial charge in [0.1, 0.15) is 15.5 Å². The number of esters is 1. The van der Waals surface area contributed by atoms with E-state index in [-0.39, 0.29) is 0 Å². The Morgan fingerprint density at radius 2 is 1.73 bits per heavy atom. The molecule has 30 heavy (non-hydrogen) atoms. The molecule has 2 aromatic heterocycles. The topological polar surface area (TPSA) is 74.4 Å². The number of thiophene rings is 1. The van der Waals surface area contributed by atoms with Crippen molar-refractivity contribution in [1.29, 1.82) is 0 Å². The van der Waals surface area contributed by atoms with Gasteiger partial charge in [-0.3, -0.25) is 0 Å². The van der Waals surface area contributed by atoms with Crippen LogP contribution < -0.4 is 10.5 Å². The van der Waals surface area contributed by atoms with Crippen molar-refractivity contribution in [2.45, 2.75) is 13.8 Å². The minimum Gasteiger partial charge on any atom is -0.497 e. The number of aryl methyl sites for hydroxylation is 1. The van der Waals surface area contributed by atoms with Crippen LogP contribution in [0.1, 0.15) is 22.2 Å². The highest BCUT2D eigenvalue weighted by molar-refractivity contribution is 7.21. The molecule has 4 aromatic rings. The minimum absolute atomic E-state index is 0.292. The van der Waals surface area contributed by atoms with Gasteiger partial charge in [0.05, 0.1) is 25.1 Å². The van der Waals surface area contributed by atoms with Gasteiger partial charge in [-0.2, -0.15) is 0 Å². The van der Waals surface area contributed by atoms with E-state index in [2.05, 4.69) is 19.1 Å².